The van der Waals surface area contributed by atoms with Gasteiger partial charge in [-0.05, 0) is 68.2 Å². The van der Waals surface area contributed by atoms with Gasteiger partial charge in [-0.3, -0.25) is 0 Å². The fourth-order valence-electron chi connectivity index (χ4n) is 4.21. The first-order valence-electron chi connectivity index (χ1n) is 8.51. The fourth-order valence-corrected chi connectivity index (χ4v) is 4.76. The average molecular weight is 284 g/mol. The van der Waals surface area contributed by atoms with Crippen LogP contribution < -0.4 is 0 Å². The van der Waals surface area contributed by atoms with E-state index in [2.05, 4.69) is 31.4 Å². The molecule has 0 radical (unpaired) electrons. The first-order chi connectivity index (χ1) is 9.17. The summed E-state index contributed by atoms with van der Waals surface area (Å²) in [5, 5.41) is 0. The normalized spacial score (nSPS) is 24.8. The molecule has 1 nitrogen and oxygen atoms in total. The Hall–Kier alpha value is 0.310. The number of thiol groups is 1. The van der Waals surface area contributed by atoms with Crippen molar-refractivity contribution in [1.82, 2.24) is 4.90 Å². The number of rotatable bonds is 5. The Morgan fingerprint density at radius 2 is 1.53 bits per heavy atom. The molecular weight excluding hydrogens is 250 g/mol. The van der Waals surface area contributed by atoms with Gasteiger partial charge < -0.3 is 4.90 Å². The number of hydrogen-bond acceptors (Lipinski definition) is 2. The summed E-state index contributed by atoms with van der Waals surface area (Å²) < 4.78 is 0. The fraction of sp³-hybridized carbons (Fsp3) is 1.00. The van der Waals surface area contributed by atoms with Crippen molar-refractivity contribution in [2.75, 3.05) is 25.4 Å². The van der Waals surface area contributed by atoms with E-state index in [1.807, 2.05) is 0 Å². The number of likely N-dealkylation sites (tertiary alicyclic amines) is 1. The van der Waals surface area contributed by atoms with Crippen LogP contribution in [-0.2, 0) is 0 Å². The lowest BCUT2D eigenvalue weighted by atomic mass is 9.68. The minimum Gasteiger partial charge on any atom is -0.303 e. The third kappa shape index (κ3) is 3.69. The third-order valence-corrected chi connectivity index (χ3v) is 6.90. The number of nitrogens with zero attached hydrogens (tertiary/aromatic N) is 1. The maximum atomic E-state index is 4.63. The van der Waals surface area contributed by atoms with Gasteiger partial charge >= 0.3 is 0 Å². The van der Waals surface area contributed by atoms with Gasteiger partial charge in [0.05, 0.1) is 0 Å². The molecule has 1 aliphatic heterocycles. The maximum absolute atomic E-state index is 4.63. The molecule has 1 spiro atoms. The zero-order valence-corrected chi connectivity index (χ0v) is 14.0. The second-order valence-corrected chi connectivity index (χ2v) is 7.52. The molecule has 0 bridgehead atoms. The van der Waals surface area contributed by atoms with E-state index in [0.717, 1.165) is 11.2 Å². The van der Waals surface area contributed by atoms with E-state index in [0.29, 0.717) is 5.41 Å². The summed E-state index contributed by atoms with van der Waals surface area (Å²) in [4.78, 5) is 2.74. The topological polar surface area (TPSA) is 3.24 Å². The van der Waals surface area contributed by atoms with Crippen molar-refractivity contribution in [3.8, 4) is 0 Å². The van der Waals surface area contributed by atoms with Crippen molar-refractivity contribution in [3.63, 3.8) is 0 Å². The molecule has 0 amide bonds. The molecule has 2 aliphatic rings. The van der Waals surface area contributed by atoms with Crippen LogP contribution in [0.15, 0.2) is 0 Å². The van der Waals surface area contributed by atoms with E-state index in [1.165, 1.54) is 77.4 Å². The Morgan fingerprint density at radius 1 is 0.947 bits per heavy atom. The molecule has 0 aromatic carbocycles. The van der Waals surface area contributed by atoms with Crippen LogP contribution in [0, 0.1) is 10.8 Å². The molecule has 2 heteroatoms. The lowest BCUT2D eigenvalue weighted by Crippen LogP contribution is -2.46. The number of piperidine rings is 1. The maximum Gasteiger partial charge on any atom is 0.00456 e. The molecular formula is C17H33NS. The van der Waals surface area contributed by atoms with Crippen molar-refractivity contribution >= 4 is 12.6 Å². The highest BCUT2D eigenvalue weighted by atomic mass is 32.1. The van der Waals surface area contributed by atoms with E-state index in [1.54, 1.807) is 0 Å². The minimum absolute atomic E-state index is 0.459. The summed E-state index contributed by atoms with van der Waals surface area (Å²) in [6, 6.07) is 0. The van der Waals surface area contributed by atoms with Crippen molar-refractivity contribution in [3.05, 3.63) is 0 Å². The molecule has 0 aromatic heterocycles. The van der Waals surface area contributed by atoms with Crippen molar-refractivity contribution < 1.29 is 0 Å². The molecule has 0 N–H and O–H groups in total. The molecule has 0 atom stereocenters. The zero-order chi connectivity index (χ0) is 13.8. The second kappa shape index (κ2) is 6.85. The summed E-state index contributed by atoms with van der Waals surface area (Å²) in [7, 11) is 0. The summed E-state index contributed by atoms with van der Waals surface area (Å²) >= 11 is 4.63. The Kier molecular flexibility index (Phi) is 5.65. The minimum atomic E-state index is 0.459. The smallest absolute Gasteiger partial charge is 0.00456 e. The first-order valence-corrected chi connectivity index (χ1v) is 9.14. The van der Waals surface area contributed by atoms with Crippen LogP contribution in [0.1, 0.15) is 71.6 Å². The van der Waals surface area contributed by atoms with Gasteiger partial charge in [-0.25, -0.2) is 0 Å². The van der Waals surface area contributed by atoms with E-state index < -0.39 is 0 Å². The summed E-state index contributed by atoms with van der Waals surface area (Å²) in [6.07, 6.45) is 13.0. The van der Waals surface area contributed by atoms with Gasteiger partial charge in [0.1, 0.15) is 0 Å². The molecule has 0 aromatic rings. The van der Waals surface area contributed by atoms with Gasteiger partial charge in [-0.2, -0.15) is 12.6 Å². The summed E-state index contributed by atoms with van der Waals surface area (Å²) in [5.74, 6) is 1.04. The standard InChI is InChI=1S/C17H33NS/c1-3-16(4-2,15-19)14-18-12-10-17(11-13-18)8-6-5-7-9-17/h19H,3-15H2,1-2H3. The quantitative estimate of drug-likeness (QED) is 0.711. The molecule has 1 heterocycles. The highest BCUT2D eigenvalue weighted by molar-refractivity contribution is 7.80. The van der Waals surface area contributed by atoms with Crippen LogP contribution in [0.4, 0.5) is 0 Å². The lowest BCUT2D eigenvalue weighted by Gasteiger charge is -2.46. The SMILES string of the molecule is CCC(CC)(CS)CN1CCC2(CCCCC2)CC1. The monoisotopic (exact) mass is 283 g/mol. The molecule has 1 aliphatic carbocycles. The van der Waals surface area contributed by atoms with Gasteiger partial charge in [0.25, 0.3) is 0 Å². The van der Waals surface area contributed by atoms with Crippen LogP contribution in [0.25, 0.3) is 0 Å². The van der Waals surface area contributed by atoms with Crippen LogP contribution >= 0.6 is 12.6 Å². The second-order valence-electron chi connectivity index (χ2n) is 7.20. The van der Waals surface area contributed by atoms with E-state index in [4.69, 9.17) is 0 Å². The molecule has 1 saturated heterocycles. The largest absolute Gasteiger partial charge is 0.303 e. The highest BCUT2D eigenvalue weighted by Crippen LogP contribution is 2.45. The van der Waals surface area contributed by atoms with Crippen LogP contribution in [0.3, 0.4) is 0 Å². The van der Waals surface area contributed by atoms with E-state index in [9.17, 15) is 0 Å². The molecule has 2 fully saturated rings. The first kappa shape index (κ1) is 15.7. The Bertz CT molecular complexity index is 248. The van der Waals surface area contributed by atoms with Crippen LogP contribution in [0.5, 0.6) is 0 Å². The van der Waals surface area contributed by atoms with Crippen molar-refractivity contribution in [1.29, 1.82) is 0 Å². The van der Waals surface area contributed by atoms with E-state index in [-0.39, 0.29) is 0 Å². The number of hydrogen-bond donors (Lipinski definition) is 1. The summed E-state index contributed by atoms with van der Waals surface area (Å²) in [5.41, 5.74) is 1.21. The highest BCUT2D eigenvalue weighted by Gasteiger charge is 2.37. The van der Waals surface area contributed by atoms with Gasteiger partial charge in [-0.15, -0.1) is 0 Å². The van der Waals surface area contributed by atoms with E-state index >= 15 is 0 Å². The lowest BCUT2D eigenvalue weighted by molar-refractivity contribution is 0.0444. The van der Waals surface area contributed by atoms with Crippen molar-refractivity contribution in [2.24, 2.45) is 10.8 Å². The van der Waals surface area contributed by atoms with Gasteiger partial charge in [-0.1, -0.05) is 33.1 Å². The Morgan fingerprint density at radius 3 is 2.00 bits per heavy atom. The third-order valence-electron chi connectivity index (χ3n) is 6.23. The van der Waals surface area contributed by atoms with Crippen LogP contribution in [-0.4, -0.2) is 30.3 Å². The van der Waals surface area contributed by atoms with Crippen molar-refractivity contribution in [2.45, 2.75) is 71.6 Å². The zero-order valence-electron chi connectivity index (χ0n) is 13.1. The molecule has 2 rings (SSSR count). The van der Waals surface area contributed by atoms with Gasteiger partial charge in [0.15, 0.2) is 0 Å². The van der Waals surface area contributed by atoms with Crippen LogP contribution in [0.2, 0.25) is 0 Å². The van der Waals surface area contributed by atoms with Gasteiger partial charge in [0, 0.05) is 6.54 Å². The Labute approximate surface area is 125 Å². The average Bonchev–Trinajstić information content (AvgIpc) is 2.48. The van der Waals surface area contributed by atoms with Gasteiger partial charge in [0.2, 0.25) is 0 Å². The molecule has 19 heavy (non-hydrogen) atoms. The predicted octanol–water partition coefficient (Wildman–Crippen LogP) is 4.77. The molecule has 1 saturated carbocycles. The predicted molar refractivity (Wildman–Crippen MR) is 88.1 cm³/mol. The Balaban J connectivity index is 1.85. The molecule has 112 valence electrons. The summed E-state index contributed by atoms with van der Waals surface area (Å²) in [6.45, 7) is 8.64. The molecule has 0 unspecified atom stereocenters.